The molecule has 5 N–H and O–H groups in total. The summed E-state index contributed by atoms with van der Waals surface area (Å²) < 4.78 is 7.69. The molecule has 4 rings (SSSR count). The number of hydrogen-bond donors (Lipinski definition) is 4. The van der Waals surface area contributed by atoms with Crippen LogP contribution < -0.4 is 11.1 Å². The fourth-order valence-electron chi connectivity index (χ4n) is 4.33. The number of halogens is 1. The zero-order valence-electron chi connectivity index (χ0n) is 20.8. The molecule has 4 aromatic rings. The summed E-state index contributed by atoms with van der Waals surface area (Å²) >= 11 is 5.46. The smallest absolute Gasteiger partial charge is 0.235 e. The van der Waals surface area contributed by atoms with Crippen LogP contribution in [0, 0.1) is 0 Å². The first-order chi connectivity index (χ1) is 17.9. The second-order valence-corrected chi connectivity index (χ2v) is 9.19. The predicted octanol–water partition coefficient (Wildman–Crippen LogP) is 3.88. The number of aromatic nitrogens is 3. The number of pyridine rings is 1. The minimum atomic E-state index is -0.217. The van der Waals surface area contributed by atoms with Gasteiger partial charge in [-0.05, 0) is 42.7 Å². The van der Waals surface area contributed by atoms with Crippen LogP contribution in [0.3, 0.4) is 0 Å². The Bertz CT molecular complexity index is 1410. The summed E-state index contributed by atoms with van der Waals surface area (Å²) in [6, 6.07) is 10.6. The van der Waals surface area contributed by atoms with Crippen molar-refractivity contribution in [2.45, 2.75) is 39.2 Å². The topological polar surface area (TPSA) is 136 Å². The molecule has 37 heavy (non-hydrogen) atoms. The largest absolute Gasteiger partial charge is 0.508 e. The third-order valence-corrected chi connectivity index (χ3v) is 6.46. The fraction of sp³-hybridized carbons (Fsp3) is 0.370. The first-order valence-electron chi connectivity index (χ1n) is 12.4. The van der Waals surface area contributed by atoms with Gasteiger partial charge < -0.3 is 30.6 Å². The third kappa shape index (κ3) is 6.23. The number of alkyl halides is 1. The van der Waals surface area contributed by atoms with Gasteiger partial charge >= 0.3 is 0 Å². The first kappa shape index (κ1) is 26.5. The van der Waals surface area contributed by atoms with E-state index in [1.54, 1.807) is 6.07 Å². The van der Waals surface area contributed by atoms with Gasteiger partial charge in [0.05, 0.1) is 30.8 Å². The van der Waals surface area contributed by atoms with Gasteiger partial charge in [-0.2, -0.15) is 0 Å². The highest BCUT2D eigenvalue weighted by atomic mass is 35.5. The molecule has 0 aliphatic heterocycles. The zero-order chi connectivity index (χ0) is 26.4. The van der Waals surface area contributed by atoms with Crippen molar-refractivity contribution in [2.24, 2.45) is 0 Å². The SMILES string of the molecule is CCCCc1nc2c(N)nc3cc(CCOCCNC(=O)CCl)ccc3c2n1Cc1cc(O)ccc1O. The van der Waals surface area contributed by atoms with E-state index >= 15 is 0 Å². The lowest BCUT2D eigenvalue weighted by atomic mass is 10.1. The molecule has 196 valence electrons. The molecular weight excluding hydrogens is 494 g/mol. The van der Waals surface area contributed by atoms with E-state index in [1.165, 1.54) is 12.1 Å². The van der Waals surface area contributed by atoms with Crippen LogP contribution in [0.2, 0.25) is 0 Å². The van der Waals surface area contributed by atoms with Crippen LogP contribution in [-0.4, -0.2) is 56.3 Å². The molecule has 0 saturated heterocycles. The maximum Gasteiger partial charge on any atom is 0.235 e. The molecule has 0 unspecified atom stereocenters. The molecule has 1 amide bonds. The summed E-state index contributed by atoms with van der Waals surface area (Å²) in [5.74, 6) is 1.13. The van der Waals surface area contributed by atoms with Crippen LogP contribution in [0.15, 0.2) is 36.4 Å². The van der Waals surface area contributed by atoms with Crippen LogP contribution in [-0.2, 0) is 28.9 Å². The molecule has 2 aromatic carbocycles. The molecule has 2 heterocycles. The summed E-state index contributed by atoms with van der Waals surface area (Å²) in [6.07, 6.45) is 3.41. The number of carbonyl (C=O) groups excluding carboxylic acids is 1. The number of nitrogens with zero attached hydrogens (tertiary/aromatic N) is 3. The number of ether oxygens (including phenoxy) is 1. The van der Waals surface area contributed by atoms with Crippen molar-refractivity contribution in [1.82, 2.24) is 19.9 Å². The highest BCUT2D eigenvalue weighted by Crippen LogP contribution is 2.32. The molecule has 0 fully saturated rings. The van der Waals surface area contributed by atoms with E-state index in [4.69, 9.17) is 27.1 Å². The van der Waals surface area contributed by atoms with Crippen molar-refractivity contribution in [3.8, 4) is 11.5 Å². The lowest BCUT2D eigenvalue weighted by Gasteiger charge is -2.13. The average Bonchev–Trinajstić information content (AvgIpc) is 3.25. The highest BCUT2D eigenvalue weighted by molar-refractivity contribution is 6.27. The van der Waals surface area contributed by atoms with Gasteiger partial charge in [0, 0.05) is 23.9 Å². The summed E-state index contributed by atoms with van der Waals surface area (Å²) in [6.45, 7) is 3.78. The van der Waals surface area contributed by atoms with Gasteiger partial charge in [-0.3, -0.25) is 4.79 Å². The summed E-state index contributed by atoms with van der Waals surface area (Å²) in [5.41, 5.74) is 10.3. The van der Waals surface area contributed by atoms with E-state index in [1.807, 2.05) is 18.2 Å². The summed E-state index contributed by atoms with van der Waals surface area (Å²) in [5, 5.41) is 24.0. The van der Waals surface area contributed by atoms with Gasteiger partial charge in [0.2, 0.25) is 5.91 Å². The number of aryl methyl sites for hydroxylation is 1. The van der Waals surface area contributed by atoms with Gasteiger partial charge in [0.1, 0.15) is 28.7 Å². The van der Waals surface area contributed by atoms with E-state index < -0.39 is 0 Å². The average molecular weight is 526 g/mol. The number of benzene rings is 2. The van der Waals surface area contributed by atoms with E-state index in [0.29, 0.717) is 49.6 Å². The van der Waals surface area contributed by atoms with Crippen LogP contribution >= 0.6 is 11.6 Å². The summed E-state index contributed by atoms with van der Waals surface area (Å²) in [4.78, 5) is 20.7. The Morgan fingerprint density at radius 2 is 1.97 bits per heavy atom. The molecule has 9 nitrogen and oxygen atoms in total. The number of hydrogen-bond acceptors (Lipinski definition) is 7. The number of nitrogen functional groups attached to an aromatic ring is 1. The summed E-state index contributed by atoms with van der Waals surface area (Å²) in [7, 11) is 0. The lowest BCUT2D eigenvalue weighted by Crippen LogP contribution is -2.28. The quantitative estimate of drug-likeness (QED) is 0.125. The van der Waals surface area contributed by atoms with Crippen molar-refractivity contribution in [1.29, 1.82) is 0 Å². The maximum atomic E-state index is 11.2. The Morgan fingerprint density at radius 1 is 1.14 bits per heavy atom. The van der Waals surface area contributed by atoms with Gasteiger partial charge in [0.25, 0.3) is 0 Å². The first-order valence-corrected chi connectivity index (χ1v) is 12.9. The second kappa shape index (κ2) is 12.1. The monoisotopic (exact) mass is 525 g/mol. The van der Waals surface area contributed by atoms with Gasteiger partial charge in [0.15, 0.2) is 5.82 Å². The molecular formula is C27H32ClN5O4. The number of carbonyl (C=O) groups is 1. The Kier molecular flexibility index (Phi) is 8.68. The van der Waals surface area contributed by atoms with E-state index in [2.05, 4.69) is 21.8 Å². The van der Waals surface area contributed by atoms with Crippen molar-refractivity contribution < 1.29 is 19.7 Å². The number of nitrogens with two attached hydrogens (primary N) is 1. The van der Waals surface area contributed by atoms with Crippen molar-refractivity contribution in [3.05, 3.63) is 53.3 Å². The Morgan fingerprint density at radius 3 is 2.76 bits per heavy atom. The Labute approximate surface area is 220 Å². The number of phenols is 2. The normalized spacial score (nSPS) is 11.4. The maximum absolute atomic E-state index is 11.2. The van der Waals surface area contributed by atoms with Gasteiger partial charge in [-0.15, -0.1) is 11.6 Å². The van der Waals surface area contributed by atoms with Gasteiger partial charge in [-0.1, -0.05) is 25.5 Å². The zero-order valence-corrected chi connectivity index (χ0v) is 21.6. The molecule has 0 bridgehead atoms. The minimum Gasteiger partial charge on any atom is -0.508 e. The minimum absolute atomic E-state index is 0.0610. The second-order valence-electron chi connectivity index (χ2n) is 8.92. The van der Waals surface area contributed by atoms with Crippen LogP contribution in [0.4, 0.5) is 5.82 Å². The molecule has 0 aliphatic carbocycles. The predicted molar refractivity (Wildman–Crippen MR) is 145 cm³/mol. The number of aromatic hydroxyl groups is 2. The number of anilines is 1. The number of imidazole rings is 1. The number of fused-ring (bicyclic) bond motifs is 3. The number of phenolic OH excluding ortho intramolecular Hbond substituents is 2. The number of amides is 1. The molecule has 0 spiro atoms. The van der Waals surface area contributed by atoms with E-state index in [0.717, 1.165) is 47.1 Å². The van der Waals surface area contributed by atoms with Crippen LogP contribution in [0.1, 0.15) is 36.7 Å². The number of nitrogens with one attached hydrogen (secondary N) is 1. The van der Waals surface area contributed by atoms with Crippen LogP contribution in [0.5, 0.6) is 11.5 Å². The van der Waals surface area contributed by atoms with E-state index in [9.17, 15) is 15.0 Å². The molecule has 0 atom stereocenters. The lowest BCUT2D eigenvalue weighted by molar-refractivity contribution is -0.118. The fourth-order valence-corrected chi connectivity index (χ4v) is 4.42. The molecule has 2 aromatic heterocycles. The Balaban J connectivity index is 1.64. The highest BCUT2D eigenvalue weighted by Gasteiger charge is 2.19. The van der Waals surface area contributed by atoms with Gasteiger partial charge in [-0.25, -0.2) is 9.97 Å². The number of rotatable bonds is 12. The molecule has 10 heteroatoms. The van der Waals surface area contributed by atoms with Crippen LogP contribution in [0.25, 0.3) is 21.9 Å². The molecule has 0 radical (unpaired) electrons. The molecule has 0 aliphatic rings. The molecule has 0 saturated carbocycles. The number of unbranched alkanes of at least 4 members (excludes halogenated alkanes) is 1. The van der Waals surface area contributed by atoms with E-state index in [-0.39, 0.29) is 23.3 Å². The van der Waals surface area contributed by atoms with Crippen molar-refractivity contribution in [2.75, 3.05) is 31.4 Å². The van der Waals surface area contributed by atoms with Crippen molar-refractivity contribution in [3.63, 3.8) is 0 Å². The standard InChI is InChI=1S/C27H32ClN5O4/c1-2-3-4-23-32-25-26(33(23)16-18-14-19(34)6-8-22(18)35)20-7-5-17(13-21(20)31-27(25)29)9-11-37-12-10-30-24(36)15-28/h5-8,13-14,34-35H,2-4,9-12,15-16H2,1H3,(H2,29,31)(H,30,36). The Hall–Kier alpha value is -3.56. The van der Waals surface area contributed by atoms with Crippen molar-refractivity contribution >= 4 is 45.3 Å². The third-order valence-electron chi connectivity index (χ3n) is 6.22.